The highest BCUT2D eigenvalue weighted by atomic mass is 35.5. The third kappa shape index (κ3) is 6.34. The number of carbonyl (C=O) groups excluding carboxylic acids is 2. The molecule has 0 spiro atoms. The van der Waals surface area contributed by atoms with Gasteiger partial charge in [0.15, 0.2) is 5.75 Å². The van der Waals surface area contributed by atoms with Crippen LogP contribution in [0, 0.1) is 20.2 Å². The predicted molar refractivity (Wildman–Crippen MR) is 133 cm³/mol. The summed E-state index contributed by atoms with van der Waals surface area (Å²) >= 11 is 12.0. The highest BCUT2D eigenvalue weighted by molar-refractivity contribution is 6.36. The van der Waals surface area contributed by atoms with Crippen LogP contribution in [0.1, 0.15) is 15.9 Å². The van der Waals surface area contributed by atoms with E-state index in [0.29, 0.717) is 5.02 Å². The molecule has 0 atom stereocenters. The van der Waals surface area contributed by atoms with Gasteiger partial charge in [-0.15, -0.1) is 0 Å². The second-order valence-corrected chi connectivity index (χ2v) is 7.93. The summed E-state index contributed by atoms with van der Waals surface area (Å²) in [4.78, 5) is 47.1. The third-order valence-electron chi connectivity index (χ3n) is 4.70. The molecular formula is C23H16Cl2N4O7. The molecule has 0 heterocycles. The summed E-state index contributed by atoms with van der Waals surface area (Å²) in [6.07, 6.45) is 1.21. The summed E-state index contributed by atoms with van der Waals surface area (Å²) in [5.74, 6) is -1.73. The number of carbonyl (C=O) groups is 2. The lowest BCUT2D eigenvalue weighted by atomic mass is 10.1. The van der Waals surface area contributed by atoms with Crippen molar-refractivity contribution in [1.29, 1.82) is 0 Å². The lowest BCUT2D eigenvalue weighted by Crippen LogP contribution is -2.30. The van der Waals surface area contributed by atoms with E-state index in [2.05, 4.69) is 10.6 Å². The largest absolute Gasteiger partial charge is 0.490 e. The zero-order valence-electron chi connectivity index (χ0n) is 18.4. The molecule has 2 amide bonds. The number of nitrogens with zero attached hydrogens (tertiary/aromatic N) is 2. The maximum absolute atomic E-state index is 13.1. The molecule has 11 nitrogen and oxygen atoms in total. The van der Waals surface area contributed by atoms with Crippen LogP contribution in [-0.4, -0.2) is 28.8 Å². The maximum atomic E-state index is 13.1. The Labute approximate surface area is 213 Å². The van der Waals surface area contributed by atoms with Crippen LogP contribution in [0.15, 0.2) is 66.4 Å². The van der Waals surface area contributed by atoms with Crippen molar-refractivity contribution in [3.05, 3.63) is 108 Å². The number of rotatable bonds is 8. The van der Waals surface area contributed by atoms with E-state index in [1.54, 1.807) is 0 Å². The normalized spacial score (nSPS) is 10.9. The minimum atomic E-state index is -0.852. The molecule has 0 aromatic heterocycles. The number of nitrogens with one attached hydrogen (secondary N) is 2. The first-order chi connectivity index (χ1) is 17.1. The number of methoxy groups -OCH3 is 1. The van der Waals surface area contributed by atoms with Crippen LogP contribution in [0.2, 0.25) is 10.0 Å². The Kier molecular flexibility index (Phi) is 8.20. The minimum absolute atomic E-state index is 0.0565. The number of benzene rings is 3. The number of nitro groups is 2. The summed E-state index contributed by atoms with van der Waals surface area (Å²) in [6, 6.07) is 13.2. The van der Waals surface area contributed by atoms with Crippen LogP contribution in [0.5, 0.6) is 5.75 Å². The number of halogens is 2. The fraction of sp³-hybridized carbons (Fsp3) is 0.0435. The molecule has 0 fully saturated rings. The fourth-order valence-corrected chi connectivity index (χ4v) is 3.46. The molecule has 0 unspecified atom stereocenters. The molecule has 0 aliphatic carbocycles. The Balaban J connectivity index is 1.99. The number of hydrogen-bond acceptors (Lipinski definition) is 7. The van der Waals surface area contributed by atoms with Gasteiger partial charge in [0.2, 0.25) is 0 Å². The second-order valence-electron chi connectivity index (χ2n) is 7.09. The van der Waals surface area contributed by atoms with Gasteiger partial charge in [0, 0.05) is 28.8 Å². The van der Waals surface area contributed by atoms with Crippen LogP contribution in [0.4, 0.5) is 17.1 Å². The van der Waals surface area contributed by atoms with Crippen LogP contribution in [0.3, 0.4) is 0 Å². The number of hydrogen-bond donors (Lipinski definition) is 2. The Morgan fingerprint density at radius 2 is 1.72 bits per heavy atom. The van der Waals surface area contributed by atoms with Gasteiger partial charge in [-0.1, -0.05) is 35.3 Å². The monoisotopic (exact) mass is 530 g/mol. The topological polar surface area (TPSA) is 154 Å². The van der Waals surface area contributed by atoms with Crippen molar-refractivity contribution >= 4 is 58.2 Å². The molecule has 3 aromatic carbocycles. The van der Waals surface area contributed by atoms with Crippen LogP contribution in [-0.2, 0) is 4.79 Å². The van der Waals surface area contributed by atoms with E-state index in [0.717, 1.165) is 6.07 Å². The summed E-state index contributed by atoms with van der Waals surface area (Å²) in [5, 5.41) is 27.8. The predicted octanol–water partition coefficient (Wildman–Crippen LogP) is 5.23. The first-order valence-electron chi connectivity index (χ1n) is 9.95. The number of amides is 2. The van der Waals surface area contributed by atoms with Gasteiger partial charge >= 0.3 is 5.69 Å². The first-order valence-corrected chi connectivity index (χ1v) is 10.7. The molecule has 0 radical (unpaired) electrons. The first kappa shape index (κ1) is 26.1. The third-order valence-corrected chi connectivity index (χ3v) is 5.25. The number of nitro benzene ring substituents is 2. The smallest absolute Gasteiger partial charge is 0.311 e. The zero-order chi connectivity index (χ0) is 26.4. The molecular weight excluding hydrogens is 515 g/mol. The molecule has 2 N–H and O–H groups in total. The molecule has 184 valence electrons. The summed E-state index contributed by atoms with van der Waals surface area (Å²) < 4.78 is 4.93. The van der Waals surface area contributed by atoms with Crippen LogP contribution in [0.25, 0.3) is 6.08 Å². The van der Waals surface area contributed by atoms with Gasteiger partial charge in [0.1, 0.15) is 5.70 Å². The van der Waals surface area contributed by atoms with Crippen LogP contribution >= 0.6 is 23.2 Å². The average molecular weight is 531 g/mol. The van der Waals surface area contributed by atoms with Crippen molar-refractivity contribution in [3.8, 4) is 5.75 Å². The molecule has 36 heavy (non-hydrogen) atoms. The van der Waals surface area contributed by atoms with Crippen molar-refractivity contribution in [2.45, 2.75) is 0 Å². The number of anilines is 1. The van der Waals surface area contributed by atoms with E-state index < -0.39 is 27.3 Å². The van der Waals surface area contributed by atoms with Gasteiger partial charge in [0.05, 0.1) is 27.7 Å². The van der Waals surface area contributed by atoms with Crippen molar-refractivity contribution in [2.24, 2.45) is 0 Å². The Bertz CT molecular complexity index is 1410. The molecule has 0 saturated heterocycles. The number of non-ortho nitro benzene ring substituents is 1. The minimum Gasteiger partial charge on any atom is -0.490 e. The molecule has 0 aliphatic heterocycles. The molecule has 0 bridgehead atoms. The average Bonchev–Trinajstić information content (AvgIpc) is 2.84. The molecule has 0 saturated carbocycles. The van der Waals surface area contributed by atoms with E-state index in [9.17, 15) is 29.8 Å². The van der Waals surface area contributed by atoms with Crippen LogP contribution < -0.4 is 15.4 Å². The van der Waals surface area contributed by atoms with Gasteiger partial charge in [0.25, 0.3) is 17.5 Å². The number of ether oxygens (including phenoxy) is 1. The molecule has 3 rings (SSSR count). The van der Waals surface area contributed by atoms with E-state index in [-0.39, 0.29) is 39.0 Å². The second kappa shape index (κ2) is 11.3. The van der Waals surface area contributed by atoms with Gasteiger partial charge in [-0.2, -0.15) is 0 Å². The highest BCUT2D eigenvalue weighted by Gasteiger charge is 2.21. The summed E-state index contributed by atoms with van der Waals surface area (Å²) in [5.41, 5.74) is -0.717. The van der Waals surface area contributed by atoms with Gasteiger partial charge in [-0.3, -0.25) is 29.8 Å². The zero-order valence-corrected chi connectivity index (χ0v) is 19.9. The highest BCUT2D eigenvalue weighted by Crippen LogP contribution is 2.28. The van der Waals surface area contributed by atoms with Crippen molar-refractivity contribution in [1.82, 2.24) is 5.32 Å². The van der Waals surface area contributed by atoms with Crippen molar-refractivity contribution < 1.29 is 24.2 Å². The maximum Gasteiger partial charge on any atom is 0.311 e. The van der Waals surface area contributed by atoms with Crippen molar-refractivity contribution in [2.75, 3.05) is 12.4 Å². The summed E-state index contributed by atoms with van der Waals surface area (Å²) in [6.45, 7) is 0. The molecule has 13 heteroatoms. The van der Waals surface area contributed by atoms with E-state index in [4.69, 9.17) is 27.9 Å². The van der Waals surface area contributed by atoms with E-state index in [1.165, 1.54) is 67.8 Å². The quantitative estimate of drug-likeness (QED) is 0.229. The Hall–Kier alpha value is -4.48. The van der Waals surface area contributed by atoms with E-state index in [1.807, 2.05) is 0 Å². The van der Waals surface area contributed by atoms with Crippen molar-refractivity contribution in [3.63, 3.8) is 0 Å². The van der Waals surface area contributed by atoms with Gasteiger partial charge in [-0.25, -0.2) is 0 Å². The lowest BCUT2D eigenvalue weighted by molar-refractivity contribution is -0.385. The Morgan fingerprint density at radius 3 is 2.36 bits per heavy atom. The summed E-state index contributed by atoms with van der Waals surface area (Å²) in [7, 11) is 1.24. The fourth-order valence-electron chi connectivity index (χ4n) is 3.00. The van der Waals surface area contributed by atoms with Gasteiger partial charge in [-0.05, 0) is 42.0 Å². The Morgan fingerprint density at radius 1 is 0.972 bits per heavy atom. The SMILES string of the molecule is COc1ccc(C(=O)NC(=Cc2cccc([N+](=O)[O-])c2)C(=O)Nc2ccc(Cl)cc2Cl)cc1[N+](=O)[O-]. The lowest BCUT2D eigenvalue weighted by Gasteiger charge is -2.13. The van der Waals surface area contributed by atoms with E-state index >= 15 is 0 Å². The standard InChI is InChI=1S/C23H16Cl2N4O7/c1-36-21-8-5-14(11-20(21)29(34)35)22(30)27-19(10-13-3-2-4-16(9-13)28(32)33)23(31)26-18-7-6-15(24)12-17(18)25/h2-12H,1H3,(H,26,31)(H,27,30). The van der Waals surface area contributed by atoms with Gasteiger partial charge < -0.3 is 15.4 Å². The molecule has 0 aliphatic rings. The molecule has 3 aromatic rings.